The monoisotopic (exact) mass is 526 g/mol. The molecule has 0 radical (unpaired) electrons. The molecular formula is C28H21F3O7. The van der Waals surface area contributed by atoms with E-state index in [0.29, 0.717) is 12.0 Å². The Morgan fingerprint density at radius 2 is 1.58 bits per heavy atom. The van der Waals surface area contributed by atoms with Gasteiger partial charge in [-0.25, -0.2) is 4.79 Å². The van der Waals surface area contributed by atoms with Crippen LogP contribution in [-0.4, -0.2) is 25.0 Å². The highest BCUT2D eigenvalue weighted by Crippen LogP contribution is 2.38. The van der Waals surface area contributed by atoms with E-state index in [9.17, 15) is 27.6 Å². The Kier molecular flexibility index (Phi) is 7.80. The summed E-state index contributed by atoms with van der Waals surface area (Å²) in [6, 6.07) is 17.1. The summed E-state index contributed by atoms with van der Waals surface area (Å²) >= 11 is 0. The largest absolute Gasteiger partial charge is 0.485 e. The first-order valence-electron chi connectivity index (χ1n) is 11.5. The number of hydrogen-bond donors (Lipinski definition) is 0. The molecule has 38 heavy (non-hydrogen) atoms. The van der Waals surface area contributed by atoms with Crippen LogP contribution in [0.4, 0.5) is 13.2 Å². The number of Topliss-reactive ketones (excluding diaryl/α,β-unsaturated/α-hetero) is 1. The number of carbonyl (C=O) groups excluding carboxylic acids is 2. The van der Waals surface area contributed by atoms with Gasteiger partial charge in [0.05, 0.1) is 17.6 Å². The van der Waals surface area contributed by atoms with Gasteiger partial charge in [0.25, 0.3) is 5.76 Å². The predicted octanol–water partition coefficient (Wildman–Crippen LogP) is 6.43. The van der Waals surface area contributed by atoms with E-state index < -0.39 is 34.7 Å². The summed E-state index contributed by atoms with van der Waals surface area (Å²) in [5.74, 6) is -3.70. The summed E-state index contributed by atoms with van der Waals surface area (Å²) in [6.45, 7) is 1.69. The lowest BCUT2D eigenvalue weighted by Crippen LogP contribution is -2.16. The lowest BCUT2D eigenvalue weighted by molar-refractivity contribution is -0.154. The molecule has 0 spiro atoms. The van der Waals surface area contributed by atoms with Crippen LogP contribution in [-0.2, 0) is 10.9 Å². The molecule has 3 aromatic carbocycles. The maximum absolute atomic E-state index is 13.8. The Morgan fingerprint density at radius 1 is 0.895 bits per heavy atom. The number of hydrogen-bond acceptors (Lipinski definition) is 7. The van der Waals surface area contributed by atoms with Crippen molar-refractivity contribution in [3.63, 3.8) is 0 Å². The number of benzene rings is 3. The second-order valence-electron chi connectivity index (χ2n) is 8.09. The number of halogens is 3. The van der Waals surface area contributed by atoms with E-state index >= 15 is 0 Å². The van der Waals surface area contributed by atoms with Crippen LogP contribution in [0.2, 0.25) is 0 Å². The van der Waals surface area contributed by atoms with Crippen molar-refractivity contribution >= 4 is 22.7 Å². The fraction of sp³-hybridized carbons (Fsp3) is 0.179. The molecule has 0 aliphatic heterocycles. The molecule has 4 aromatic rings. The molecule has 0 bridgehead atoms. The normalized spacial score (nSPS) is 11.3. The molecule has 4 rings (SSSR count). The van der Waals surface area contributed by atoms with Gasteiger partial charge in [0.1, 0.15) is 17.1 Å². The van der Waals surface area contributed by atoms with E-state index in [1.165, 1.54) is 36.4 Å². The average molecular weight is 526 g/mol. The molecule has 0 unspecified atom stereocenters. The van der Waals surface area contributed by atoms with Gasteiger partial charge in [-0.3, -0.25) is 9.59 Å². The zero-order valence-electron chi connectivity index (χ0n) is 20.0. The highest BCUT2D eigenvalue weighted by atomic mass is 19.4. The zero-order chi connectivity index (χ0) is 27.3. The first-order chi connectivity index (χ1) is 18.2. The van der Waals surface area contributed by atoms with Crippen LogP contribution in [0.1, 0.15) is 39.8 Å². The molecule has 10 heteroatoms. The third-order valence-corrected chi connectivity index (χ3v) is 5.29. The van der Waals surface area contributed by atoms with Crippen LogP contribution in [0.5, 0.6) is 17.2 Å². The number of rotatable bonds is 9. The fourth-order valence-electron chi connectivity index (χ4n) is 3.44. The van der Waals surface area contributed by atoms with E-state index in [1.807, 2.05) is 6.92 Å². The van der Waals surface area contributed by atoms with Gasteiger partial charge in [-0.15, -0.1) is 0 Å². The quantitative estimate of drug-likeness (QED) is 0.183. The minimum absolute atomic E-state index is 0.0391. The first kappa shape index (κ1) is 26.5. The third kappa shape index (κ3) is 6.03. The number of carbonyl (C=O) groups is 2. The molecule has 0 N–H and O–H groups in total. The Labute approximate surface area is 214 Å². The molecule has 1 heterocycles. The minimum atomic E-state index is -5.06. The molecule has 0 aliphatic rings. The van der Waals surface area contributed by atoms with E-state index in [-0.39, 0.29) is 41.4 Å². The van der Waals surface area contributed by atoms with Crippen LogP contribution in [0, 0.1) is 0 Å². The molecule has 0 aliphatic carbocycles. The lowest BCUT2D eigenvalue weighted by Gasteiger charge is -2.14. The Hall–Kier alpha value is -4.60. The number of ether oxygens (including phenoxy) is 3. The molecule has 1 aromatic heterocycles. The van der Waals surface area contributed by atoms with Crippen molar-refractivity contribution in [2.75, 3.05) is 13.2 Å². The first-order valence-corrected chi connectivity index (χ1v) is 11.5. The summed E-state index contributed by atoms with van der Waals surface area (Å²) in [5, 5.41) is -0.186. The van der Waals surface area contributed by atoms with Crippen molar-refractivity contribution in [2.45, 2.75) is 19.5 Å². The van der Waals surface area contributed by atoms with E-state index in [4.69, 9.17) is 18.6 Å². The molecule has 0 saturated heterocycles. The van der Waals surface area contributed by atoms with Crippen LogP contribution in [0.15, 0.2) is 82.0 Å². The van der Waals surface area contributed by atoms with Crippen molar-refractivity contribution in [3.05, 3.63) is 99.9 Å². The van der Waals surface area contributed by atoms with Gasteiger partial charge in [-0.2, -0.15) is 13.2 Å². The van der Waals surface area contributed by atoms with Crippen LogP contribution in [0.3, 0.4) is 0 Å². The number of esters is 1. The van der Waals surface area contributed by atoms with Crippen LogP contribution in [0.25, 0.3) is 11.0 Å². The standard InChI is InChI=1S/C28H21F3O7/c1-2-14-35-27(34)18-8-10-19(11-9-18)37-25-24(33)21-13-12-20(15-23(21)38-26(25)28(29,30)31)36-16-22(32)17-6-4-3-5-7-17/h3-13,15H,2,14,16H2,1H3. The van der Waals surface area contributed by atoms with Crippen molar-refractivity contribution in [3.8, 4) is 17.2 Å². The van der Waals surface area contributed by atoms with E-state index in [1.54, 1.807) is 30.3 Å². The summed E-state index contributed by atoms with van der Waals surface area (Å²) in [4.78, 5) is 37.2. The van der Waals surface area contributed by atoms with Gasteiger partial charge in [-0.05, 0) is 42.8 Å². The molecule has 196 valence electrons. The van der Waals surface area contributed by atoms with Crippen molar-refractivity contribution in [1.29, 1.82) is 0 Å². The predicted molar refractivity (Wildman–Crippen MR) is 131 cm³/mol. The lowest BCUT2D eigenvalue weighted by atomic mass is 10.1. The minimum Gasteiger partial charge on any atom is -0.485 e. The topological polar surface area (TPSA) is 92.0 Å². The summed E-state index contributed by atoms with van der Waals surface area (Å²) < 4.78 is 62.3. The highest BCUT2D eigenvalue weighted by Gasteiger charge is 2.40. The SMILES string of the molecule is CCCOC(=O)c1ccc(Oc2c(C(F)(F)F)oc3cc(OCC(=O)c4ccccc4)ccc3c2=O)cc1. The molecule has 7 nitrogen and oxygen atoms in total. The smallest absolute Gasteiger partial charge is 0.453 e. The van der Waals surface area contributed by atoms with Gasteiger partial charge in [0, 0.05) is 11.6 Å². The van der Waals surface area contributed by atoms with Gasteiger partial charge in [-0.1, -0.05) is 37.3 Å². The highest BCUT2D eigenvalue weighted by molar-refractivity contribution is 5.97. The van der Waals surface area contributed by atoms with Crippen molar-refractivity contribution in [1.82, 2.24) is 0 Å². The van der Waals surface area contributed by atoms with Crippen LogP contribution >= 0.6 is 0 Å². The summed E-state index contributed by atoms with van der Waals surface area (Å²) in [6.07, 6.45) is -4.43. The zero-order valence-corrected chi connectivity index (χ0v) is 20.0. The van der Waals surface area contributed by atoms with Gasteiger partial charge in [0.2, 0.25) is 11.2 Å². The van der Waals surface area contributed by atoms with Gasteiger partial charge >= 0.3 is 12.1 Å². The molecule has 0 amide bonds. The summed E-state index contributed by atoms with van der Waals surface area (Å²) in [7, 11) is 0. The van der Waals surface area contributed by atoms with E-state index in [0.717, 1.165) is 6.07 Å². The maximum Gasteiger partial charge on any atom is 0.453 e. The van der Waals surface area contributed by atoms with Crippen molar-refractivity contribution in [2.24, 2.45) is 0 Å². The second-order valence-corrected chi connectivity index (χ2v) is 8.09. The van der Waals surface area contributed by atoms with E-state index in [2.05, 4.69) is 0 Å². The van der Waals surface area contributed by atoms with Crippen LogP contribution < -0.4 is 14.9 Å². The Bertz CT molecular complexity index is 1510. The maximum atomic E-state index is 13.8. The number of ketones is 1. The van der Waals surface area contributed by atoms with Gasteiger partial charge < -0.3 is 18.6 Å². The van der Waals surface area contributed by atoms with Crippen molar-refractivity contribution < 1.29 is 41.4 Å². The Morgan fingerprint density at radius 3 is 2.24 bits per heavy atom. The average Bonchev–Trinajstić information content (AvgIpc) is 2.92. The Balaban J connectivity index is 1.61. The number of alkyl halides is 3. The fourth-order valence-corrected chi connectivity index (χ4v) is 3.44. The van der Waals surface area contributed by atoms with Gasteiger partial charge in [0.15, 0.2) is 12.4 Å². The molecule has 0 saturated carbocycles. The molecular weight excluding hydrogens is 505 g/mol. The molecule has 0 atom stereocenters. The number of fused-ring (bicyclic) bond motifs is 1. The second kappa shape index (κ2) is 11.2. The molecule has 0 fully saturated rings. The summed E-state index contributed by atoms with van der Waals surface area (Å²) in [5.41, 5.74) is -0.872. The third-order valence-electron chi connectivity index (χ3n) is 5.29.